The molecular weight excluding hydrogens is 252 g/mol. The zero-order valence-corrected chi connectivity index (χ0v) is 11.7. The van der Waals surface area contributed by atoms with E-state index in [9.17, 15) is 0 Å². The van der Waals surface area contributed by atoms with Crippen LogP contribution in [0.1, 0.15) is 49.1 Å². The molecule has 0 aliphatic carbocycles. The minimum Gasteiger partial charge on any atom is -0.366 e. The smallest absolute Gasteiger partial charge is 0.167 e. The van der Waals surface area contributed by atoms with Crippen LogP contribution in [0.2, 0.25) is 0 Å². The quantitative estimate of drug-likeness (QED) is 0.927. The van der Waals surface area contributed by atoms with Gasteiger partial charge in [0.05, 0.1) is 12.6 Å². The first-order valence-corrected chi connectivity index (χ1v) is 7.10. The Labute approximate surface area is 118 Å². The minimum atomic E-state index is -0.136. The summed E-state index contributed by atoms with van der Waals surface area (Å²) in [4.78, 5) is 4.55. The average Bonchev–Trinajstić information content (AvgIpc) is 2.91. The maximum Gasteiger partial charge on any atom is 0.167 e. The van der Waals surface area contributed by atoms with Crippen molar-refractivity contribution < 1.29 is 4.74 Å². The van der Waals surface area contributed by atoms with Crippen LogP contribution >= 0.6 is 0 Å². The normalized spacial score (nSPS) is 19.6. The van der Waals surface area contributed by atoms with Crippen molar-refractivity contribution in [1.29, 1.82) is 0 Å². The summed E-state index contributed by atoms with van der Waals surface area (Å²) in [6, 6.07) is 10.1. The largest absolute Gasteiger partial charge is 0.366 e. The van der Waals surface area contributed by atoms with Gasteiger partial charge in [0, 0.05) is 6.54 Å². The van der Waals surface area contributed by atoms with Gasteiger partial charge in [-0.2, -0.15) is 5.10 Å². The van der Waals surface area contributed by atoms with Crippen molar-refractivity contribution in [3.63, 3.8) is 0 Å². The average molecular weight is 272 g/mol. The highest BCUT2D eigenvalue weighted by atomic mass is 16.5. The summed E-state index contributed by atoms with van der Waals surface area (Å²) in [6.07, 6.45) is 2.07. The van der Waals surface area contributed by atoms with E-state index >= 15 is 0 Å². The van der Waals surface area contributed by atoms with E-state index in [0.717, 1.165) is 25.2 Å². The van der Waals surface area contributed by atoms with Crippen LogP contribution in [0.5, 0.6) is 0 Å². The summed E-state index contributed by atoms with van der Waals surface area (Å²) in [5, 5.41) is 4.46. The molecule has 5 heteroatoms. The fourth-order valence-electron chi connectivity index (χ4n) is 2.45. The first-order chi connectivity index (χ1) is 9.74. The third-order valence-corrected chi connectivity index (χ3v) is 3.54. The fourth-order valence-corrected chi connectivity index (χ4v) is 2.45. The lowest BCUT2D eigenvalue weighted by atomic mass is 10.1. The molecule has 1 aliphatic rings. The Kier molecular flexibility index (Phi) is 3.80. The van der Waals surface area contributed by atoms with Crippen LogP contribution in [0.4, 0.5) is 0 Å². The standard InChI is InChI=1S/C15H20N4O/c1-11(16)14-17-15-13(8-5-9-19(15)18-14)20-10-12-6-3-2-4-7-12/h2-4,6-7,11,13H,5,8-10,16H2,1H3. The van der Waals surface area contributed by atoms with E-state index in [1.165, 1.54) is 5.56 Å². The number of nitrogens with two attached hydrogens (primary N) is 1. The molecular formula is C15H20N4O. The molecule has 1 aliphatic heterocycles. The number of ether oxygens (including phenoxy) is 1. The minimum absolute atomic E-state index is 0.0176. The number of hydrogen-bond acceptors (Lipinski definition) is 4. The summed E-state index contributed by atoms with van der Waals surface area (Å²) in [5.41, 5.74) is 7.03. The lowest BCUT2D eigenvalue weighted by molar-refractivity contribution is 0.0146. The summed E-state index contributed by atoms with van der Waals surface area (Å²) in [7, 11) is 0. The Hall–Kier alpha value is -1.72. The number of benzene rings is 1. The van der Waals surface area contributed by atoms with Gasteiger partial charge in [0.1, 0.15) is 6.10 Å². The first kappa shape index (κ1) is 13.3. The Morgan fingerprint density at radius 1 is 1.40 bits per heavy atom. The maximum atomic E-state index is 6.02. The van der Waals surface area contributed by atoms with E-state index in [1.807, 2.05) is 29.8 Å². The Balaban J connectivity index is 1.73. The molecule has 2 aromatic rings. The molecule has 20 heavy (non-hydrogen) atoms. The predicted octanol–water partition coefficient (Wildman–Crippen LogP) is 2.35. The molecule has 106 valence electrons. The van der Waals surface area contributed by atoms with E-state index in [4.69, 9.17) is 10.5 Å². The van der Waals surface area contributed by atoms with Gasteiger partial charge in [0.2, 0.25) is 0 Å². The number of aromatic nitrogens is 3. The molecule has 0 radical (unpaired) electrons. The van der Waals surface area contributed by atoms with E-state index in [1.54, 1.807) is 0 Å². The van der Waals surface area contributed by atoms with Gasteiger partial charge in [0.25, 0.3) is 0 Å². The second-order valence-electron chi connectivity index (χ2n) is 5.27. The molecule has 0 bridgehead atoms. The molecule has 0 spiro atoms. The van der Waals surface area contributed by atoms with Crippen LogP contribution in [-0.4, -0.2) is 14.8 Å². The van der Waals surface area contributed by atoms with Gasteiger partial charge in [-0.3, -0.25) is 0 Å². The molecule has 2 N–H and O–H groups in total. The Bertz CT molecular complexity index is 565. The summed E-state index contributed by atoms with van der Waals surface area (Å²) in [5.74, 6) is 1.62. The topological polar surface area (TPSA) is 66.0 Å². The molecule has 0 saturated carbocycles. The SMILES string of the molecule is CC(N)c1nc2n(n1)CCCC2OCc1ccccc1. The van der Waals surface area contributed by atoms with Crippen LogP contribution in [0.3, 0.4) is 0 Å². The third kappa shape index (κ3) is 2.73. The monoisotopic (exact) mass is 272 g/mol. The molecule has 1 aromatic carbocycles. The zero-order chi connectivity index (χ0) is 13.9. The number of aryl methyl sites for hydroxylation is 1. The molecule has 2 atom stereocenters. The zero-order valence-electron chi connectivity index (χ0n) is 11.7. The van der Waals surface area contributed by atoms with Crippen molar-refractivity contribution in [3.05, 3.63) is 47.5 Å². The van der Waals surface area contributed by atoms with E-state index in [-0.39, 0.29) is 12.1 Å². The summed E-state index contributed by atoms with van der Waals surface area (Å²) in [6.45, 7) is 3.41. The van der Waals surface area contributed by atoms with E-state index in [2.05, 4.69) is 22.2 Å². The molecule has 0 saturated heterocycles. The highest BCUT2D eigenvalue weighted by molar-refractivity contribution is 5.13. The van der Waals surface area contributed by atoms with Crippen molar-refractivity contribution >= 4 is 0 Å². The summed E-state index contributed by atoms with van der Waals surface area (Å²) >= 11 is 0. The van der Waals surface area contributed by atoms with Gasteiger partial charge >= 0.3 is 0 Å². The number of hydrogen-bond donors (Lipinski definition) is 1. The van der Waals surface area contributed by atoms with Crippen molar-refractivity contribution in [1.82, 2.24) is 14.8 Å². The van der Waals surface area contributed by atoms with Crippen LogP contribution in [0, 0.1) is 0 Å². The van der Waals surface area contributed by atoms with Crippen molar-refractivity contribution in [2.24, 2.45) is 5.73 Å². The fraction of sp³-hybridized carbons (Fsp3) is 0.467. The number of nitrogens with zero attached hydrogens (tertiary/aromatic N) is 3. The molecule has 2 unspecified atom stereocenters. The lowest BCUT2D eigenvalue weighted by Gasteiger charge is -2.22. The highest BCUT2D eigenvalue weighted by Crippen LogP contribution is 2.28. The Morgan fingerprint density at radius 3 is 2.95 bits per heavy atom. The second kappa shape index (κ2) is 5.73. The third-order valence-electron chi connectivity index (χ3n) is 3.54. The van der Waals surface area contributed by atoms with Crippen molar-refractivity contribution in [3.8, 4) is 0 Å². The van der Waals surface area contributed by atoms with Gasteiger partial charge in [-0.1, -0.05) is 30.3 Å². The van der Waals surface area contributed by atoms with E-state index in [0.29, 0.717) is 12.4 Å². The van der Waals surface area contributed by atoms with Crippen molar-refractivity contribution in [2.75, 3.05) is 0 Å². The molecule has 0 fully saturated rings. The van der Waals surface area contributed by atoms with E-state index < -0.39 is 0 Å². The van der Waals surface area contributed by atoms with Crippen LogP contribution in [-0.2, 0) is 17.9 Å². The first-order valence-electron chi connectivity index (χ1n) is 7.10. The van der Waals surface area contributed by atoms with Crippen LogP contribution in [0.25, 0.3) is 0 Å². The van der Waals surface area contributed by atoms with Gasteiger partial charge < -0.3 is 10.5 Å². The molecule has 3 rings (SSSR count). The summed E-state index contributed by atoms with van der Waals surface area (Å²) < 4.78 is 7.97. The molecule has 0 amide bonds. The highest BCUT2D eigenvalue weighted by Gasteiger charge is 2.25. The molecule has 1 aromatic heterocycles. The Morgan fingerprint density at radius 2 is 2.20 bits per heavy atom. The van der Waals surface area contributed by atoms with Crippen molar-refractivity contribution in [2.45, 2.75) is 45.1 Å². The predicted molar refractivity (Wildman–Crippen MR) is 75.8 cm³/mol. The van der Waals surface area contributed by atoms with Gasteiger partial charge in [-0.05, 0) is 25.3 Å². The second-order valence-corrected chi connectivity index (χ2v) is 5.27. The van der Waals surface area contributed by atoms with Gasteiger partial charge in [0.15, 0.2) is 11.6 Å². The van der Waals surface area contributed by atoms with Gasteiger partial charge in [-0.25, -0.2) is 9.67 Å². The number of fused-ring (bicyclic) bond motifs is 1. The maximum absolute atomic E-state index is 6.02. The molecule has 5 nitrogen and oxygen atoms in total. The number of rotatable bonds is 4. The lowest BCUT2D eigenvalue weighted by Crippen LogP contribution is -2.19. The molecule has 2 heterocycles. The van der Waals surface area contributed by atoms with Crippen LogP contribution < -0.4 is 5.73 Å². The van der Waals surface area contributed by atoms with Crippen LogP contribution in [0.15, 0.2) is 30.3 Å². The van der Waals surface area contributed by atoms with Gasteiger partial charge in [-0.15, -0.1) is 0 Å².